The van der Waals surface area contributed by atoms with Gasteiger partial charge in [0.1, 0.15) is 18.9 Å². The lowest BCUT2D eigenvalue weighted by molar-refractivity contribution is -0.153. The molecule has 0 saturated carbocycles. The van der Waals surface area contributed by atoms with Crippen molar-refractivity contribution in [2.75, 3.05) is 13.1 Å². The van der Waals surface area contributed by atoms with Crippen LogP contribution < -0.4 is 0 Å². The molecule has 3 rings (SSSR count). The summed E-state index contributed by atoms with van der Waals surface area (Å²) in [4.78, 5) is 26.6. The Hall–Kier alpha value is -2.46. The van der Waals surface area contributed by atoms with Crippen LogP contribution in [0.2, 0.25) is 0 Å². The predicted octanol–water partition coefficient (Wildman–Crippen LogP) is 3.67. The summed E-state index contributed by atoms with van der Waals surface area (Å²) in [6.07, 6.45) is 1.03. The molecule has 2 aromatic carbocycles. The van der Waals surface area contributed by atoms with Gasteiger partial charge in [-0.05, 0) is 17.0 Å². The first-order chi connectivity index (χ1) is 13.1. The SMILES string of the molecule is CC(C)C(C(=O)OCc1ccccc1)N1CC(C=O)C(c2ccccc2)C1. The average molecular weight is 365 g/mol. The Labute approximate surface area is 161 Å². The number of carbonyl (C=O) groups is 2. The summed E-state index contributed by atoms with van der Waals surface area (Å²) in [5, 5.41) is 0. The van der Waals surface area contributed by atoms with E-state index < -0.39 is 0 Å². The molecule has 4 heteroatoms. The first kappa shape index (κ1) is 19.3. The number of ether oxygens (including phenoxy) is 1. The monoisotopic (exact) mass is 365 g/mol. The quantitative estimate of drug-likeness (QED) is 0.555. The largest absolute Gasteiger partial charge is 0.460 e. The van der Waals surface area contributed by atoms with E-state index in [-0.39, 0.29) is 36.4 Å². The summed E-state index contributed by atoms with van der Waals surface area (Å²) in [5.41, 5.74) is 2.12. The summed E-state index contributed by atoms with van der Waals surface area (Å²) in [6, 6.07) is 19.4. The molecule has 142 valence electrons. The van der Waals surface area contributed by atoms with E-state index in [1.807, 2.05) is 62.4 Å². The van der Waals surface area contributed by atoms with Crippen LogP contribution in [0.5, 0.6) is 0 Å². The minimum atomic E-state index is -0.343. The van der Waals surface area contributed by atoms with Crippen LogP contribution in [0, 0.1) is 11.8 Å². The van der Waals surface area contributed by atoms with E-state index in [0.717, 1.165) is 17.4 Å². The Balaban J connectivity index is 1.71. The molecule has 0 radical (unpaired) electrons. The van der Waals surface area contributed by atoms with Crippen LogP contribution in [-0.2, 0) is 20.9 Å². The maximum absolute atomic E-state index is 12.8. The highest BCUT2D eigenvalue weighted by molar-refractivity contribution is 5.76. The number of benzene rings is 2. The number of nitrogens with zero attached hydrogens (tertiary/aromatic N) is 1. The van der Waals surface area contributed by atoms with Gasteiger partial charge in [0.25, 0.3) is 0 Å². The fraction of sp³-hybridized carbons (Fsp3) is 0.391. The highest BCUT2D eigenvalue weighted by Gasteiger charge is 2.41. The second kappa shape index (κ2) is 8.96. The zero-order valence-electron chi connectivity index (χ0n) is 16.0. The Morgan fingerprint density at radius 3 is 2.30 bits per heavy atom. The molecule has 1 aliphatic heterocycles. The van der Waals surface area contributed by atoms with Crippen molar-refractivity contribution >= 4 is 12.3 Å². The fourth-order valence-corrected chi connectivity index (χ4v) is 3.94. The molecule has 2 aromatic rings. The van der Waals surface area contributed by atoms with Crippen LogP contribution in [0.25, 0.3) is 0 Å². The van der Waals surface area contributed by atoms with Gasteiger partial charge in [0, 0.05) is 24.9 Å². The van der Waals surface area contributed by atoms with Gasteiger partial charge in [0.15, 0.2) is 0 Å². The maximum Gasteiger partial charge on any atom is 0.323 e. The summed E-state index contributed by atoms with van der Waals surface area (Å²) in [6.45, 7) is 5.61. The van der Waals surface area contributed by atoms with Gasteiger partial charge in [0.05, 0.1) is 0 Å². The number of hydrogen-bond acceptors (Lipinski definition) is 4. The lowest BCUT2D eigenvalue weighted by Crippen LogP contribution is -2.44. The third kappa shape index (κ3) is 4.64. The van der Waals surface area contributed by atoms with Gasteiger partial charge in [-0.15, -0.1) is 0 Å². The second-order valence-corrected chi connectivity index (χ2v) is 7.55. The van der Waals surface area contributed by atoms with Crippen LogP contribution in [0.1, 0.15) is 30.9 Å². The molecule has 0 bridgehead atoms. The van der Waals surface area contributed by atoms with Gasteiger partial charge in [-0.1, -0.05) is 74.5 Å². The number of likely N-dealkylation sites (tertiary alicyclic amines) is 1. The van der Waals surface area contributed by atoms with Gasteiger partial charge in [-0.25, -0.2) is 0 Å². The summed E-state index contributed by atoms with van der Waals surface area (Å²) < 4.78 is 5.60. The molecular formula is C23H27NO3. The molecule has 1 heterocycles. The van der Waals surface area contributed by atoms with Gasteiger partial charge in [-0.3, -0.25) is 9.69 Å². The zero-order chi connectivity index (χ0) is 19.2. The smallest absolute Gasteiger partial charge is 0.323 e. The molecule has 3 atom stereocenters. The van der Waals surface area contributed by atoms with Gasteiger partial charge in [-0.2, -0.15) is 0 Å². The van der Waals surface area contributed by atoms with Gasteiger partial charge >= 0.3 is 5.97 Å². The summed E-state index contributed by atoms with van der Waals surface area (Å²) in [5.74, 6) is -0.0928. The number of hydrogen-bond donors (Lipinski definition) is 0. The van der Waals surface area contributed by atoms with Crippen molar-refractivity contribution in [3.8, 4) is 0 Å². The molecule has 0 aliphatic carbocycles. The van der Waals surface area contributed by atoms with E-state index in [2.05, 4.69) is 17.0 Å². The van der Waals surface area contributed by atoms with Crippen LogP contribution in [0.4, 0.5) is 0 Å². The third-order valence-electron chi connectivity index (χ3n) is 5.29. The molecule has 1 aliphatic rings. The highest BCUT2D eigenvalue weighted by Crippen LogP contribution is 2.34. The van der Waals surface area contributed by atoms with E-state index in [4.69, 9.17) is 4.74 Å². The average Bonchev–Trinajstić information content (AvgIpc) is 3.11. The Morgan fingerprint density at radius 2 is 1.70 bits per heavy atom. The molecule has 0 amide bonds. The van der Waals surface area contributed by atoms with E-state index in [0.29, 0.717) is 13.1 Å². The van der Waals surface area contributed by atoms with Crippen LogP contribution in [-0.4, -0.2) is 36.3 Å². The van der Waals surface area contributed by atoms with Crippen molar-refractivity contribution in [1.82, 2.24) is 4.90 Å². The Morgan fingerprint density at radius 1 is 1.07 bits per heavy atom. The van der Waals surface area contributed by atoms with Crippen LogP contribution in [0.15, 0.2) is 60.7 Å². The number of carbonyl (C=O) groups excluding carboxylic acids is 2. The summed E-state index contributed by atoms with van der Waals surface area (Å²) in [7, 11) is 0. The van der Waals surface area contributed by atoms with Gasteiger partial charge < -0.3 is 9.53 Å². The van der Waals surface area contributed by atoms with Crippen molar-refractivity contribution in [1.29, 1.82) is 0 Å². The molecule has 27 heavy (non-hydrogen) atoms. The zero-order valence-corrected chi connectivity index (χ0v) is 16.0. The molecule has 0 spiro atoms. The first-order valence-corrected chi connectivity index (χ1v) is 9.55. The van der Waals surface area contributed by atoms with E-state index in [1.54, 1.807) is 0 Å². The normalized spacial score (nSPS) is 21.1. The van der Waals surface area contributed by atoms with Crippen LogP contribution in [0.3, 0.4) is 0 Å². The molecule has 1 saturated heterocycles. The lowest BCUT2D eigenvalue weighted by atomic mass is 9.90. The number of aldehydes is 1. The molecule has 4 nitrogen and oxygen atoms in total. The van der Waals surface area contributed by atoms with E-state index in [1.165, 1.54) is 0 Å². The van der Waals surface area contributed by atoms with Crippen molar-refractivity contribution in [2.24, 2.45) is 11.8 Å². The predicted molar refractivity (Wildman–Crippen MR) is 105 cm³/mol. The van der Waals surface area contributed by atoms with Crippen molar-refractivity contribution in [3.05, 3.63) is 71.8 Å². The highest BCUT2D eigenvalue weighted by atomic mass is 16.5. The topological polar surface area (TPSA) is 46.6 Å². The standard InChI is InChI=1S/C23H27NO3/c1-17(2)22(23(26)27-16-18-9-5-3-6-10-18)24-13-20(15-25)21(14-24)19-11-7-4-8-12-19/h3-12,15,17,20-22H,13-14,16H2,1-2H3. The van der Waals surface area contributed by atoms with Crippen molar-refractivity contribution in [3.63, 3.8) is 0 Å². The van der Waals surface area contributed by atoms with Gasteiger partial charge in [0.2, 0.25) is 0 Å². The van der Waals surface area contributed by atoms with Crippen molar-refractivity contribution < 1.29 is 14.3 Å². The minimum absolute atomic E-state index is 0.101. The second-order valence-electron chi connectivity index (χ2n) is 7.55. The third-order valence-corrected chi connectivity index (χ3v) is 5.29. The Kier molecular flexibility index (Phi) is 6.40. The molecule has 0 N–H and O–H groups in total. The van der Waals surface area contributed by atoms with Crippen molar-refractivity contribution in [2.45, 2.75) is 32.4 Å². The molecule has 0 aromatic heterocycles. The number of rotatable bonds is 7. The number of esters is 1. The Bertz CT molecular complexity index is 745. The van der Waals surface area contributed by atoms with E-state index >= 15 is 0 Å². The maximum atomic E-state index is 12.8. The van der Waals surface area contributed by atoms with Crippen LogP contribution >= 0.6 is 0 Å². The molecular weight excluding hydrogens is 338 g/mol. The first-order valence-electron chi connectivity index (χ1n) is 9.55. The fourth-order valence-electron chi connectivity index (χ4n) is 3.94. The molecule has 3 unspecified atom stereocenters. The summed E-state index contributed by atoms with van der Waals surface area (Å²) >= 11 is 0. The van der Waals surface area contributed by atoms with E-state index in [9.17, 15) is 9.59 Å². The lowest BCUT2D eigenvalue weighted by Gasteiger charge is -2.29. The minimum Gasteiger partial charge on any atom is -0.460 e. The molecule has 1 fully saturated rings.